The van der Waals surface area contributed by atoms with E-state index >= 15 is 4.39 Å². The minimum Gasteiger partial charge on any atom is -0.388 e. The number of carbonyl (C=O) groups is 2. The van der Waals surface area contributed by atoms with Crippen molar-refractivity contribution in [3.05, 3.63) is 100 Å². The molecule has 0 atom stereocenters. The topological polar surface area (TPSA) is 61.4 Å². The molecule has 0 aliphatic carbocycles. The van der Waals surface area contributed by atoms with E-state index in [9.17, 15) is 14.0 Å². The van der Waals surface area contributed by atoms with E-state index in [2.05, 4.69) is 10.6 Å². The van der Waals surface area contributed by atoms with Crippen molar-refractivity contribution in [2.24, 2.45) is 0 Å². The van der Waals surface area contributed by atoms with Gasteiger partial charge in [-0.15, -0.1) is 11.3 Å². The normalized spacial score (nSPS) is 12.4. The van der Waals surface area contributed by atoms with Crippen LogP contribution in [0.15, 0.2) is 72.8 Å². The lowest BCUT2D eigenvalue weighted by Gasteiger charge is -2.23. The molecule has 0 spiro atoms. The SMILES string of the molecule is CNc1ccc(C(=O)N2CCc3c(sc(C(=O)Nc4ccccc4F)c3F)-c3ccccc32)cc1. The number of amides is 2. The van der Waals surface area contributed by atoms with Gasteiger partial charge in [0.05, 0.1) is 11.4 Å². The molecule has 2 amide bonds. The Kier molecular flexibility index (Phi) is 6.05. The van der Waals surface area contributed by atoms with Crippen LogP contribution in [0, 0.1) is 11.6 Å². The number of carbonyl (C=O) groups excluding carboxylic acids is 2. The number of nitrogens with one attached hydrogen (secondary N) is 2. The van der Waals surface area contributed by atoms with Gasteiger partial charge in [0.2, 0.25) is 0 Å². The summed E-state index contributed by atoms with van der Waals surface area (Å²) < 4.78 is 29.5. The van der Waals surface area contributed by atoms with E-state index in [1.165, 1.54) is 18.2 Å². The number of para-hydroxylation sites is 2. The van der Waals surface area contributed by atoms with Crippen LogP contribution in [0.1, 0.15) is 25.6 Å². The van der Waals surface area contributed by atoms with Gasteiger partial charge in [0.25, 0.3) is 11.8 Å². The van der Waals surface area contributed by atoms with Crippen molar-refractivity contribution in [3.8, 4) is 10.4 Å². The molecule has 0 saturated carbocycles. The van der Waals surface area contributed by atoms with Crippen molar-refractivity contribution in [2.45, 2.75) is 6.42 Å². The Morgan fingerprint density at radius 3 is 2.40 bits per heavy atom. The largest absolute Gasteiger partial charge is 0.388 e. The van der Waals surface area contributed by atoms with Crippen LogP contribution < -0.4 is 15.5 Å². The number of anilines is 3. The van der Waals surface area contributed by atoms with Gasteiger partial charge in [-0.05, 0) is 48.9 Å². The molecule has 1 aromatic heterocycles. The molecule has 1 aliphatic heterocycles. The van der Waals surface area contributed by atoms with Gasteiger partial charge in [-0.25, -0.2) is 8.78 Å². The highest BCUT2D eigenvalue weighted by Crippen LogP contribution is 2.43. The third-order valence-electron chi connectivity index (χ3n) is 5.96. The second-order valence-electron chi connectivity index (χ2n) is 8.04. The third kappa shape index (κ3) is 4.17. The zero-order valence-electron chi connectivity index (χ0n) is 18.8. The predicted octanol–water partition coefficient (Wildman–Crippen LogP) is 6.19. The lowest BCUT2D eigenvalue weighted by atomic mass is 10.1. The molecule has 0 saturated heterocycles. The summed E-state index contributed by atoms with van der Waals surface area (Å²) >= 11 is 1.01. The Morgan fingerprint density at radius 2 is 1.66 bits per heavy atom. The van der Waals surface area contributed by atoms with Gasteiger partial charge in [0, 0.05) is 40.8 Å². The number of halogens is 2. The van der Waals surface area contributed by atoms with Crippen molar-refractivity contribution in [1.82, 2.24) is 0 Å². The second-order valence-corrected chi connectivity index (χ2v) is 9.06. The van der Waals surface area contributed by atoms with Crippen molar-refractivity contribution < 1.29 is 18.4 Å². The molecule has 176 valence electrons. The van der Waals surface area contributed by atoms with Crippen molar-refractivity contribution in [1.29, 1.82) is 0 Å². The van der Waals surface area contributed by atoms with E-state index in [1.54, 1.807) is 30.1 Å². The summed E-state index contributed by atoms with van der Waals surface area (Å²) in [6.07, 6.45) is 0.236. The number of thiophene rings is 1. The van der Waals surface area contributed by atoms with E-state index in [4.69, 9.17) is 0 Å². The molecule has 5 rings (SSSR count). The third-order valence-corrected chi connectivity index (χ3v) is 7.20. The standard InChI is InChI=1S/C27H21F2N3O2S/c1-30-17-12-10-16(11-13-17)27(34)32-15-14-19-23(29)25(26(33)31-21-8-4-3-7-20(21)28)35-24(19)18-6-2-5-9-22(18)32/h2-13,30H,14-15H2,1H3,(H,31,33). The minimum atomic E-state index is -0.708. The van der Waals surface area contributed by atoms with Gasteiger partial charge in [0.1, 0.15) is 10.7 Å². The van der Waals surface area contributed by atoms with Crippen LogP contribution in [0.5, 0.6) is 0 Å². The highest BCUT2D eigenvalue weighted by atomic mass is 32.1. The smallest absolute Gasteiger partial charge is 0.268 e. The fourth-order valence-corrected chi connectivity index (χ4v) is 5.32. The van der Waals surface area contributed by atoms with E-state index in [-0.39, 0.29) is 29.4 Å². The molecule has 8 heteroatoms. The molecule has 3 aromatic carbocycles. The van der Waals surface area contributed by atoms with Crippen LogP contribution in [-0.2, 0) is 6.42 Å². The monoisotopic (exact) mass is 489 g/mol. The van der Waals surface area contributed by atoms with Gasteiger partial charge in [-0.1, -0.05) is 30.3 Å². The average molecular weight is 490 g/mol. The molecule has 4 aromatic rings. The summed E-state index contributed by atoms with van der Waals surface area (Å²) in [7, 11) is 1.81. The van der Waals surface area contributed by atoms with Gasteiger partial charge >= 0.3 is 0 Å². The molecule has 0 radical (unpaired) electrons. The van der Waals surface area contributed by atoms with Crippen LogP contribution >= 0.6 is 11.3 Å². The molecule has 35 heavy (non-hydrogen) atoms. The zero-order valence-corrected chi connectivity index (χ0v) is 19.6. The molecular formula is C27H21F2N3O2S. The molecule has 2 N–H and O–H groups in total. The first-order valence-electron chi connectivity index (χ1n) is 11.0. The zero-order chi connectivity index (χ0) is 24.5. The van der Waals surface area contributed by atoms with Crippen LogP contribution in [0.4, 0.5) is 25.8 Å². The van der Waals surface area contributed by atoms with E-state index in [1.807, 2.05) is 36.4 Å². The maximum absolute atomic E-state index is 15.5. The number of benzene rings is 3. The Labute approximate surface area is 205 Å². The lowest BCUT2D eigenvalue weighted by Crippen LogP contribution is -2.32. The Balaban J connectivity index is 1.51. The maximum atomic E-state index is 15.5. The molecule has 2 heterocycles. The van der Waals surface area contributed by atoms with E-state index in [0.717, 1.165) is 17.0 Å². The minimum absolute atomic E-state index is 0.0121. The first kappa shape index (κ1) is 22.7. The first-order chi connectivity index (χ1) is 17.0. The number of hydrogen-bond acceptors (Lipinski definition) is 4. The fraction of sp³-hybridized carbons (Fsp3) is 0.111. The number of hydrogen-bond donors (Lipinski definition) is 2. The van der Waals surface area contributed by atoms with Crippen molar-refractivity contribution in [2.75, 3.05) is 29.1 Å². The highest BCUT2D eigenvalue weighted by Gasteiger charge is 2.31. The predicted molar refractivity (Wildman–Crippen MR) is 135 cm³/mol. The Morgan fingerprint density at radius 1 is 0.943 bits per heavy atom. The summed E-state index contributed by atoms with van der Waals surface area (Å²) in [4.78, 5) is 28.4. The van der Waals surface area contributed by atoms with Gasteiger partial charge < -0.3 is 15.5 Å². The quantitative estimate of drug-likeness (QED) is 0.359. The van der Waals surface area contributed by atoms with E-state index < -0.39 is 17.5 Å². The number of nitrogens with zero attached hydrogens (tertiary/aromatic N) is 1. The van der Waals surface area contributed by atoms with Crippen molar-refractivity contribution >= 4 is 40.2 Å². The van der Waals surface area contributed by atoms with Gasteiger partial charge in [-0.3, -0.25) is 9.59 Å². The van der Waals surface area contributed by atoms with Gasteiger partial charge in [0.15, 0.2) is 5.82 Å². The highest BCUT2D eigenvalue weighted by molar-refractivity contribution is 7.17. The number of rotatable bonds is 4. The summed E-state index contributed by atoms with van der Waals surface area (Å²) in [5, 5.41) is 5.49. The van der Waals surface area contributed by atoms with Crippen LogP contribution in [0.2, 0.25) is 0 Å². The first-order valence-corrected chi connectivity index (χ1v) is 11.9. The summed E-state index contributed by atoms with van der Waals surface area (Å²) in [6, 6.07) is 20.2. The Hall–Kier alpha value is -4.04. The van der Waals surface area contributed by atoms with Crippen LogP contribution in [-0.4, -0.2) is 25.4 Å². The summed E-state index contributed by atoms with van der Waals surface area (Å²) in [6.45, 7) is 0.249. The van der Waals surface area contributed by atoms with Crippen molar-refractivity contribution in [3.63, 3.8) is 0 Å². The second kappa shape index (κ2) is 9.31. The molecule has 5 nitrogen and oxygen atoms in total. The molecule has 0 fully saturated rings. The molecule has 0 bridgehead atoms. The maximum Gasteiger partial charge on any atom is 0.268 e. The molecule has 0 unspecified atom stereocenters. The summed E-state index contributed by atoms with van der Waals surface area (Å²) in [5.74, 6) is -2.13. The summed E-state index contributed by atoms with van der Waals surface area (Å²) in [5.41, 5.74) is 3.10. The van der Waals surface area contributed by atoms with Gasteiger partial charge in [-0.2, -0.15) is 0 Å². The van der Waals surface area contributed by atoms with Crippen LogP contribution in [0.3, 0.4) is 0 Å². The molecular weight excluding hydrogens is 468 g/mol. The van der Waals surface area contributed by atoms with Crippen LogP contribution in [0.25, 0.3) is 10.4 Å². The van der Waals surface area contributed by atoms with E-state index in [0.29, 0.717) is 27.3 Å². The molecule has 1 aliphatic rings. The fourth-order valence-electron chi connectivity index (χ4n) is 4.17. The lowest BCUT2D eigenvalue weighted by molar-refractivity contribution is 0.0985. The Bertz CT molecular complexity index is 1430. The number of fused-ring (bicyclic) bond motifs is 3. The average Bonchev–Trinajstić information content (AvgIpc) is 3.12.